The second kappa shape index (κ2) is 16.8. The van der Waals surface area contributed by atoms with Gasteiger partial charge < -0.3 is 73.6 Å². The van der Waals surface area contributed by atoms with E-state index in [0.29, 0.717) is 41.9 Å². The SMILES string of the molecule is CC1CC[C@@]2(OC1)O[C@H]1CC3C4CC=C5C[C@@H](O[C@@H]6O[C@H](CO)[C@@H](O[C@@H]7O[C@@H](C)[C@H](O)[C@@H](O)[C@H]7O[C@@H]7O[C@@H](C)[C@H](C)[C@@H](O)[C@H]7O)[C@H](O)[C@H]6O)CC[C@]5(C)C4CC[C@]3(C)[C@H]1[C@@H]2C. The summed E-state index contributed by atoms with van der Waals surface area (Å²) in [5, 5.41) is 76.7. The van der Waals surface area contributed by atoms with E-state index in [0.717, 1.165) is 45.1 Å². The van der Waals surface area contributed by atoms with E-state index in [1.165, 1.54) is 25.3 Å². The molecule has 0 bridgehead atoms. The van der Waals surface area contributed by atoms with Gasteiger partial charge in [0, 0.05) is 18.3 Å². The van der Waals surface area contributed by atoms with Crippen molar-refractivity contribution < 1.29 is 73.6 Å². The normalized spacial score (nSPS) is 58.4. The van der Waals surface area contributed by atoms with Gasteiger partial charge in [0.2, 0.25) is 0 Å². The quantitative estimate of drug-likeness (QED) is 0.183. The van der Waals surface area contributed by atoms with Crippen molar-refractivity contribution in [2.75, 3.05) is 13.2 Å². The smallest absolute Gasteiger partial charge is 0.187 e. The van der Waals surface area contributed by atoms with Crippen molar-refractivity contribution >= 4 is 0 Å². The molecule has 7 N–H and O–H groups in total. The summed E-state index contributed by atoms with van der Waals surface area (Å²) in [4.78, 5) is 0. The number of hydrogen-bond donors (Lipinski definition) is 7. The Bertz CT molecular complexity index is 1590. The Balaban J connectivity index is 0.843. The summed E-state index contributed by atoms with van der Waals surface area (Å²) in [5.41, 5.74) is 1.66. The summed E-state index contributed by atoms with van der Waals surface area (Å²) in [6.45, 7) is 14.8. The van der Waals surface area contributed by atoms with Crippen LogP contribution < -0.4 is 0 Å². The van der Waals surface area contributed by atoms with Crippen molar-refractivity contribution in [3.05, 3.63) is 11.6 Å². The van der Waals surface area contributed by atoms with Crippen LogP contribution in [0.15, 0.2) is 11.6 Å². The molecule has 26 atom stereocenters. The number of hydrogen-bond acceptors (Lipinski definition) is 15. The molecule has 15 heteroatoms. The average molecular weight is 867 g/mol. The monoisotopic (exact) mass is 867 g/mol. The number of aliphatic hydroxyl groups is 7. The van der Waals surface area contributed by atoms with E-state index in [1.807, 2.05) is 0 Å². The van der Waals surface area contributed by atoms with Crippen LogP contribution in [-0.4, -0.2) is 153 Å². The van der Waals surface area contributed by atoms with E-state index in [1.54, 1.807) is 13.8 Å². The summed E-state index contributed by atoms with van der Waals surface area (Å²) in [6, 6.07) is 0. The van der Waals surface area contributed by atoms with Crippen LogP contribution in [0.5, 0.6) is 0 Å². The van der Waals surface area contributed by atoms with Crippen molar-refractivity contribution in [2.45, 2.75) is 210 Å². The van der Waals surface area contributed by atoms with E-state index in [2.05, 4.69) is 33.8 Å². The van der Waals surface area contributed by atoms with E-state index in [9.17, 15) is 35.7 Å². The van der Waals surface area contributed by atoms with Crippen molar-refractivity contribution in [3.8, 4) is 0 Å². The van der Waals surface area contributed by atoms with Crippen LogP contribution in [0, 0.1) is 52.3 Å². The minimum Gasteiger partial charge on any atom is -0.394 e. The van der Waals surface area contributed by atoms with Gasteiger partial charge in [-0.1, -0.05) is 46.3 Å². The maximum absolute atomic E-state index is 11.5. The molecule has 348 valence electrons. The topological polar surface area (TPSA) is 215 Å². The lowest BCUT2D eigenvalue weighted by Crippen LogP contribution is -2.66. The van der Waals surface area contributed by atoms with Crippen LogP contribution in [0.2, 0.25) is 0 Å². The third-order valence-electron chi connectivity index (χ3n) is 18.1. The predicted octanol–water partition coefficient (Wildman–Crippen LogP) is 2.52. The van der Waals surface area contributed by atoms with Gasteiger partial charge in [0.15, 0.2) is 24.7 Å². The standard InChI is InChI=1S/C46H74O15/c1-20-10-15-46(54-19-20)22(3)32-30(61-46)17-29-27-9-8-25-16-26(11-13-44(25,6)28(27)12-14-45(29,32)7)57-42-38(53)36(51)39(31(18-47)58-42)59-43-40(35(50)34(49)24(5)56-43)60-41-37(52)33(48)21(2)23(4)55-41/h8,20-24,26-43,47-53H,9-19H2,1-7H3/t20?,21-,22-,23-,24-,26-,27?,28?,29?,30-,31+,32-,33+,34-,35+,36+,37+,38+,39+,40+,41-,42+,43-,44-,45-,46+/m0/s1. The minimum absolute atomic E-state index is 0.0389. The molecule has 0 amide bonds. The van der Waals surface area contributed by atoms with E-state index in [-0.39, 0.29) is 23.0 Å². The lowest BCUT2D eigenvalue weighted by molar-refractivity contribution is -0.384. The molecule has 0 aromatic carbocycles. The van der Waals surface area contributed by atoms with Crippen LogP contribution in [0.3, 0.4) is 0 Å². The Morgan fingerprint density at radius 1 is 0.705 bits per heavy atom. The molecule has 5 heterocycles. The highest BCUT2D eigenvalue weighted by molar-refractivity contribution is 5.26. The third kappa shape index (κ3) is 7.44. The number of ether oxygens (including phenoxy) is 8. The van der Waals surface area contributed by atoms with Crippen LogP contribution in [0.1, 0.15) is 106 Å². The van der Waals surface area contributed by atoms with Gasteiger partial charge in [-0.2, -0.15) is 0 Å². The highest BCUT2D eigenvalue weighted by Crippen LogP contribution is 2.70. The molecule has 9 rings (SSSR count). The third-order valence-corrected chi connectivity index (χ3v) is 18.1. The van der Waals surface area contributed by atoms with Gasteiger partial charge in [-0.25, -0.2) is 0 Å². The van der Waals surface area contributed by atoms with E-state index < -0.39 is 104 Å². The van der Waals surface area contributed by atoms with Crippen LogP contribution in [-0.2, 0) is 37.9 Å². The first-order chi connectivity index (χ1) is 28.9. The zero-order valence-corrected chi connectivity index (χ0v) is 37.0. The first-order valence-corrected chi connectivity index (χ1v) is 23.5. The van der Waals surface area contributed by atoms with Crippen molar-refractivity contribution in [1.82, 2.24) is 0 Å². The lowest BCUT2D eigenvalue weighted by atomic mass is 9.47. The van der Waals surface area contributed by atoms with Crippen molar-refractivity contribution in [3.63, 3.8) is 0 Å². The Morgan fingerprint density at radius 2 is 1.39 bits per heavy atom. The van der Waals surface area contributed by atoms with Gasteiger partial charge in [0.1, 0.15) is 48.8 Å². The first kappa shape index (κ1) is 45.3. The number of rotatable bonds is 7. The Hall–Kier alpha value is -0.860. The molecule has 3 saturated carbocycles. The molecule has 15 nitrogen and oxygen atoms in total. The zero-order valence-electron chi connectivity index (χ0n) is 37.0. The summed E-state index contributed by atoms with van der Waals surface area (Å²) in [5.74, 6) is 2.43. The molecule has 1 spiro atoms. The van der Waals surface area contributed by atoms with Gasteiger partial charge in [0.25, 0.3) is 0 Å². The highest BCUT2D eigenvalue weighted by atomic mass is 16.8. The van der Waals surface area contributed by atoms with Gasteiger partial charge in [-0.05, 0) is 106 Å². The molecule has 8 fully saturated rings. The Labute approximate surface area is 360 Å². The minimum atomic E-state index is -1.61. The predicted molar refractivity (Wildman–Crippen MR) is 216 cm³/mol. The van der Waals surface area contributed by atoms with Crippen LogP contribution >= 0.6 is 0 Å². The fraction of sp³-hybridized carbons (Fsp3) is 0.957. The first-order valence-electron chi connectivity index (χ1n) is 23.5. The number of aliphatic hydroxyl groups excluding tert-OH is 7. The molecule has 0 aromatic rings. The van der Waals surface area contributed by atoms with Crippen LogP contribution in [0.4, 0.5) is 0 Å². The van der Waals surface area contributed by atoms with Gasteiger partial charge in [-0.15, -0.1) is 0 Å². The fourth-order valence-electron chi connectivity index (χ4n) is 14.1. The number of allylic oxidation sites excluding steroid dienone is 1. The summed E-state index contributed by atoms with van der Waals surface area (Å²) >= 11 is 0. The van der Waals surface area contributed by atoms with Gasteiger partial charge in [0.05, 0.1) is 43.7 Å². The second-order valence-electron chi connectivity index (χ2n) is 21.4. The highest BCUT2D eigenvalue weighted by Gasteiger charge is 2.69. The molecule has 4 aliphatic carbocycles. The Kier molecular flexibility index (Phi) is 12.5. The second-order valence-corrected chi connectivity index (χ2v) is 21.4. The maximum atomic E-state index is 11.5. The number of fused-ring (bicyclic) bond motifs is 7. The van der Waals surface area contributed by atoms with E-state index >= 15 is 0 Å². The molecular formula is C46H74O15. The summed E-state index contributed by atoms with van der Waals surface area (Å²) < 4.78 is 49.9. The van der Waals surface area contributed by atoms with Gasteiger partial charge >= 0.3 is 0 Å². The lowest BCUT2D eigenvalue weighted by Gasteiger charge is -2.58. The van der Waals surface area contributed by atoms with Gasteiger partial charge in [-0.3, -0.25) is 0 Å². The molecule has 5 saturated heterocycles. The maximum Gasteiger partial charge on any atom is 0.187 e. The Morgan fingerprint density at radius 3 is 2.11 bits per heavy atom. The summed E-state index contributed by atoms with van der Waals surface area (Å²) in [7, 11) is 0. The molecular weight excluding hydrogens is 792 g/mol. The van der Waals surface area contributed by atoms with Crippen molar-refractivity contribution in [2.24, 2.45) is 52.3 Å². The average Bonchev–Trinajstić information content (AvgIpc) is 3.69. The van der Waals surface area contributed by atoms with Crippen LogP contribution in [0.25, 0.3) is 0 Å². The largest absolute Gasteiger partial charge is 0.394 e. The van der Waals surface area contributed by atoms with E-state index in [4.69, 9.17) is 37.9 Å². The van der Waals surface area contributed by atoms with Crippen molar-refractivity contribution in [1.29, 1.82) is 0 Å². The molecule has 0 aromatic heterocycles. The molecule has 0 radical (unpaired) electrons. The molecule has 9 aliphatic rings. The fourth-order valence-corrected chi connectivity index (χ4v) is 14.1. The molecule has 61 heavy (non-hydrogen) atoms. The molecule has 4 unspecified atom stereocenters. The molecule has 5 aliphatic heterocycles. The summed E-state index contributed by atoms with van der Waals surface area (Å²) in [6.07, 6.45) is -6.94. The zero-order chi connectivity index (χ0) is 43.5.